The minimum Gasteiger partial charge on any atom is -0.435 e. The number of benzene rings is 1. The fourth-order valence-corrected chi connectivity index (χ4v) is 2.38. The van der Waals surface area contributed by atoms with Crippen molar-refractivity contribution in [2.45, 2.75) is 19.7 Å². The number of nitrogens with one attached hydrogen (secondary N) is 1. The monoisotopic (exact) mass is 336 g/mol. The third-order valence-electron chi connectivity index (χ3n) is 3.60. The van der Waals surface area contributed by atoms with Gasteiger partial charge in [-0.15, -0.1) is 0 Å². The smallest absolute Gasteiger partial charge is 0.387 e. The van der Waals surface area contributed by atoms with Gasteiger partial charge >= 0.3 is 6.61 Å². The number of halogens is 2. The number of hydrogen-bond donors (Lipinski definition) is 1. The van der Waals surface area contributed by atoms with Crippen LogP contribution < -0.4 is 10.1 Å². The zero-order chi connectivity index (χ0) is 17.5. The summed E-state index contributed by atoms with van der Waals surface area (Å²) in [4.78, 5) is 6.25. The second-order valence-corrected chi connectivity index (χ2v) is 5.39. The number of aromatic nitrogens is 1. The van der Waals surface area contributed by atoms with Gasteiger partial charge in [-0.25, -0.2) is 0 Å². The third-order valence-corrected chi connectivity index (χ3v) is 3.60. The normalized spacial score (nSPS) is 11.7. The summed E-state index contributed by atoms with van der Waals surface area (Å²) >= 11 is 0. The van der Waals surface area contributed by atoms with Crippen molar-refractivity contribution in [3.8, 4) is 5.75 Å². The summed E-state index contributed by atoms with van der Waals surface area (Å²) in [6.07, 6.45) is 1.99. The topological polar surface area (TPSA) is 41.8 Å². The Morgan fingerprint density at radius 3 is 2.75 bits per heavy atom. The van der Waals surface area contributed by atoms with Crippen molar-refractivity contribution in [3.05, 3.63) is 53.9 Å². The molecule has 0 spiro atoms. The molecule has 1 aromatic carbocycles. The molecule has 7 heteroatoms. The third kappa shape index (κ3) is 4.97. The molecular weight excluding hydrogens is 314 g/mol. The number of nitrogens with zero attached hydrogens (tertiary/aromatic N) is 3. The first-order chi connectivity index (χ1) is 11.5. The molecule has 0 amide bonds. The van der Waals surface area contributed by atoms with Crippen LogP contribution in [0.15, 0.2) is 47.6 Å². The number of aryl methyl sites for hydroxylation is 1. The van der Waals surface area contributed by atoms with Crippen LogP contribution in [0.4, 0.5) is 8.78 Å². The molecule has 0 bridgehead atoms. The highest BCUT2D eigenvalue weighted by molar-refractivity contribution is 5.79. The fraction of sp³-hybridized carbons (Fsp3) is 0.353. The van der Waals surface area contributed by atoms with Crippen molar-refractivity contribution < 1.29 is 13.5 Å². The van der Waals surface area contributed by atoms with E-state index in [1.165, 1.54) is 6.07 Å². The van der Waals surface area contributed by atoms with Crippen LogP contribution in [0.1, 0.15) is 11.3 Å². The van der Waals surface area contributed by atoms with Crippen molar-refractivity contribution in [2.75, 3.05) is 14.1 Å². The number of guanidine groups is 1. The predicted octanol–water partition coefficient (Wildman–Crippen LogP) is 2.83. The van der Waals surface area contributed by atoms with E-state index in [0.29, 0.717) is 13.1 Å². The van der Waals surface area contributed by atoms with Crippen molar-refractivity contribution in [2.24, 2.45) is 12.0 Å². The molecule has 0 unspecified atom stereocenters. The molecule has 1 heterocycles. The van der Waals surface area contributed by atoms with Crippen molar-refractivity contribution in [1.82, 2.24) is 14.8 Å². The predicted molar refractivity (Wildman–Crippen MR) is 90.2 cm³/mol. The average Bonchev–Trinajstić information content (AvgIpc) is 2.93. The minimum absolute atomic E-state index is 0.149. The molecule has 0 aliphatic heterocycles. The zero-order valence-electron chi connectivity index (χ0n) is 14.0. The Morgan fingerprint density at radius 2 is 2.12 bits per heavy atom. The average molecular weight is 336 g/mol. The highest BCUT2D eigenvalue weighted by Crippen LogP contribution is 2.16. The molecule has 130 valence electrons. The van der Waals surface area contributed by atoms with E-state index in [9.17, 15) is 8.78 Å². The number of hydrogen-bond acceptors (Lipinski definition) is 2. The molecule has 0 atom stereocenters. The Bertz CT molecular complexity index is 685. The van der Waals surface area contributed by atoms with Crippen molar-refractivity contribution in [1.29, 1.82) is 0 Å². The zero-order valence-corrected chi connectivity index (χ0v) is 14.0. The summed E-state index contributed by atoms with van der Waals surface area (Å²) in [5, 5.41) is 3.22. The lowest BCUT2D eigenvalue weighted by atomic mass is 10.2. The van der Waals surface area contributed by atoms with Crippen LogP contribution in [0.2, 0.25) is 0 Å². The summed E-state index contributed by atoms with van der Waals surface area (Å²) < 4.78 is 31.0. The van der Waals surface area contributed by atoms with E-state index in [-0.39, 0.29) is 5.75 Å². The second-order valence-electron chi connectivity index (χ2n) is 5.39. The molecule has 1 aromatic heterocycles. The number of ether oxygens (including phenoxy) is 1. The Kier molecular flexibility index (Phi) is 6.17. The van der Waals surface area contributed by atoms with Gasteiger partial charge in [0.05, 0.1) is 6.54 Å². The summed E-state index contributed by atoms with van der Waals surface area (Å²) in [6.45, 7) is -1.65. The molecule has 0 saturated heterocycles. The maximum Gasteiger partial charge on any atom is 0.387 e. The van der Waals surface area contributed by atoms with Crippen LogP contribution in [0, 0.1) is 0 Å². The largest absolute Gasteiger partial charge is 0.435 e. The molecule has 5 nitrogen and oxygen atoms in total. The molecule has 0 radical (unpaired) electrons. The lowest BCUT2D eigenvalue weighted by Gasteiger charge is -2.22. The van der Waals surface area contributed by atoms with E-state index in [1.54, 1.807) is 19.2 Å². The number of aliphatic imine (C=N–C) groups is 1. The Balaban J connectivity index is 1.95. The molecule has 0 fully saturated rings. The van der Waals surface area contributed by atoms with Crippen LogP contribution >= 0.6 is 0 Å². The van der Waals surface area contributed by atoms with Gasteiger partial charge in [0, 0.05) is 39.6 Å². The van der Waals surface area contributed by atoms with Crippen LogP contribution in [0.5, 0.6) is 5.75 Å². The molecule has 0 saturated carbocycles. The first kappa shape index (κ1) is 17.8. The molecule has 0 aliphatic rings. The first-order valence-electron chi connectivity index (χ1n) is 7.55. The van der Waals surface area contributed by atoms with Gasteiger partial charge in [-0.3, -0.25) is 4.99 Å². The van der Waals surface area contributed by atoms with Crippen LogP contribution in [0.3, 0.4) is 0 Å². The van der Waals surface area contributed by atoms with Gasteiger partial charge < -0.3 is 19.5 Å². The molecule has 2 aromatic rings. The van der Waals surface area contributed by atoms with E-state index < -0.39 is 6.61 Å². The van der Waals surface area contributed by atoms with Crippen molar-refractivity contribution in [3.63, 3.8) is 0 Å². The van der Waals surface area contributed by atoms with E-state index in [1.807, 2.05) is 37.3 Å². The van der Waals surface area contributed by atoms with E-state index in [0.717, 1.165) is 17.2 Å². The minimum atomic E-state index is -2.82. The SMILES string of the molecule is CN=C(NCc1cccc(OC(F)F)c1)N(C)Cc1cccn1C. The highest BCUT2D eigenvalue weighted by atomic mass is 19.3. The van der Waals surface area contributed by atoms with Crippen LogP contribution in [-0.4, -0.2) is 36.1 Å². The lowest BCUT2D eigenvalue weighted by Crippen LogP contribution is -2.38. The molecule has 2 rings (SSSR count). The van der Waals surface area contributed by atoms with E-state index in [4.69, 9.17) is 0 Å². The van der Waals surface area contributed by atoms with Gasteiger partial charge in [-0.2, -0.15) is 8.78 Å². The van der Waals surface area contributed by atoms with Gasteiger partial charge in [0.15, 0.2) is 5.96 Å². The Hall–Kier alpha value is -2.57. The highest BCUT2D eigenvalue weighted by Gasteiger charge is 2.09. The van der Waals surface area contributed by atoms with Crippen LogP contribution in [-0.2, 0) is 20.1 Å². The van der Waals surface area contributed by atoms with Crippen molar-refractivity contribution >= 4 is 5.96 Å². The second kappa shape index (κ2) is 8.33. The maximum absolute atomic E-state index is 12.3. The summed E-state index contributed by atoms with van der Waals surface area (Å²) in [6, 6.07) is 10.7. The molecule has 0 aliphatic carbocycles. The maximum atomic E-state index is 12.3. The summed E-state index contributed by atoms with van der Waals surface area (Å²) in [5.41, 5.74) is 1.99. The van der Waals surface area contributed by atoms with Gasteiger partial charge in [0.1, 0.15) is 5.75 Å². The fourth-order valence-electron chi connectivity index (χ4n) is 2.38. The van der Waals surface area contributed by atoms with Gasteiger partial charge in [0.2, 0.25) is 0 Å². The van der Waals surface area contributed by atoms with Gasteiger partial charge in [-0.1, -0.05) is 12.1 Å². The first-order valence-corrected chi connectivity index (χ1v) is 7.55. The summed E-state index contributed by atoms with van der Waals surface area (Å²) in [5.74, 6) is 0.868. The number of alkyl halides is 2. The molecule has 1 N–H and O–H groups in total. The number of rotatable bonds is 6. The lowest BCUT2D eigenvalue weighted by molar-refractivity contribution is -0.0498. The van der Waals surface area contributed by atoms with Gasteiger partial charge in [-0.05, 0) is 29.8 Å². The van der Waals surface area contributed by atoms with Gasteiger partial charge in [0.25, 0.3) is 0 Å². The van der Waals surface area contributed by atoms with Crippen LogP contribution in [0.25, 0.3) is 0 Å². The molecule has 24 heavy (non-hydrogen) atoms. The molecular formula is C17H22F2N4O. The van der Waals surface area contributed by atoms with E-state index in [2.05, 4.69) is 25.7 Å². The quantitative estimate of drug-likeness (QED) is 0.651. The van der Waals surface area contributed by atoms with E-state index >= 15 is 0 Å². The Labute approximate surface area is 140 Å². The summed E-state index contributed by atoms with van der Waals surface area (Å²) in [7, 11) is 5.65. The Morgan fingerprint density at radius 1 is 1.33 bits per heavy atom. The standard InChI is InChI=1S/C17H22F2N4O/c1-20-17(23(3)12-14-7-5-9-22(14)2)21-11-13-6-4-8-15(10-13)24-16(18)19/h4-10,16H,11-12H2,1-3H3,(H,20,21).